The molecule has 1 aliphatic heterocycles. The monoisotopic (exact) mass is 469 g/mol. The van der Waals surface area contributed by atoms with Crippen molar-refractivity contribution in [2.24, 2.45) is 0 Å². The highest BCUT2D eigenvalue weighted by atomic mass is 28.4. The van der Waals surface area contributed by atoms with Crippen LogP contribution in [0.25, 0.3) is 0 Å². The molecule has 0 aliphatic carbocycles. The summed E-state index contributed by atoms with van der Waals surface area (Å²) in [5.74, 6) is 0. The number of alkyl carbamates (subject to hydrolysis) is 1. The molecule has 1 saturated heterocycles. The highest BCUT2D eigenvalue weighted by Crippen LogP contribution is 2.37. The van der Waals surface area contributed by atoms with E-state index in [0.717, 1.165) is 12.8 Å². The molecule has 0 radical (unpaired) electrons. The first-order chi connectivity index (χ1) is 15.5. The largest absolute Gasteiger partial charge is 0.444 e. The normalized spacial score (nSPS) is 19.7. The predicted octanol–water partition coefficient (Wildman–Crippen LogP) is 4.64. The van der Waals surface area contributed by atoms with Gasteiger partial charge < -0.3 is 19.2 Å². The number of hydrogen-bond acceptors (Lipinski definition) is 4. The lowest BCUT2D eigenvalue weighted by atomic mass is 10.1. The quantitative estimate of drug-likeness (QED) is 0.627. The maximum absolute atomic E-state index is 12.1. The Kier molecular flexibility index (Phi) is 8.03. The van der Waals surface area contributed by atoms with E-state index in [1.54, 1.807) is 0 Å². The topological polar surface area (TPSA) is 56.8 Å². The van der Waals surface area contributed by atoms with Gasteiger partial charge in [0.1, 0.15) is 5.60 Å². The Morgan fingerprint density at radius 3 is 1.91 bits per heavy atom. The number of rotatable bonds is 6. The van der Waals surface area contributed by atoms with E-state index < -0.39 is 20.0 Å². The zero-order chi connectivity index (χ0) is 24.1. The molecule has 3 rings (SSSR count). The second-order valence-electron chi connectivity index (χ2n) is 10.9. The SMILES string of the molecule is CC(C)(C)OC(=O)NC1CCC(CO[Si](c2ccccc2)(c2ccccc2)C(C)(C)C)OC1. The smallest absolute Gasteiger partial charge is 0.407 e. The number of carbonyl (C=O) groups is 1. The van der Waals surface area contributed by atoms with Gasteiger partial charge in [0.05, 0.1) is 25.4 Å². The standard InChI is InChI=1S/C27H39NO4Si/c1-26(2,3)32-25(29)28-21-17-18-22(30-19-21)20-31-33(27(4,5)6,23-13-9-7-10-14-23)24-15-11-8-12-16-24/h7-16,21-22H,17-20H2,1-6H3,(H,28,29). The molecule has 0 bridgehead atoms. The van der Waals surface area contributed by atoms with Crippen LogP contribution in [-0.2, 0) is 13.9 Å². The van der Waals surface area contributed by atoms with E-state index in [-0.39, 0.29) is 17.2 Å². The lowest BCUT2D eigenvalue weighted by Crippen LogP contribution is -2.67. The molecule has 1 fully saturated rings. The van der Waals surface area contributed by atoms with E-state index in [1.807, 2.05) is 20.8 Å². The molecule has 33 heavy (non-hydrogen) atoms. The molecule has 0 spiro atoms. The Morgan fingerprint density at radius 2 is 1.48 bits per heavy atom. The predicted molar refractivity (Wildman–Crippen MR) is 136 cm³/mol. The van der Waals surface area contributed by atoms with E-state index in [1.165, 1.54) is 10.4 Å². The second kappa shape index (κ2) is 10.4. The Balaban J connectivity index is 1.71. The fourth-order valence-corrected chi connectivity index (χ4v) is 9.10. The molecule has 1 amide bonds. The summed E-state index contributed by atoms with van der Waals surface area (Å²) in [6.45, 7) is 13.4. The fourth-order valence-electron chi connectivity index (χ4n) is 4.51. The molecule has 0 saturated carbocycles. The molecule has 1 aliphatic rings. The molecular weight excluding hydrogens is 430 g/mol. The number of carbonyl (C=O) groups excluding carboxylic acids is 1. The fraction of sp³-hybridized carbons (Fsp3) is 0.519. The molecule has 2 atom stereocenters. The van der Waals surface area contributed by atoms with Gasteiger partial charge in [-0.2, -0.15) is 0 Å². The summed E-state index contributed by atoms with van der Waals surface area (Å²) in [7, 11) is -2.57. The van der Waals surface area contributed by atoms with Crippen molar-refractivity contribution in [1.82, 2.24) is 5.32 Å². The van der Waals surface area contributed by atoms with Crippen molar-refractivity contribution in [2.75, 3.05) is 13.2 Å². The summed E-state index contributed by atoms with van der Waals surface area (Å²) in [4.78, 5) is 12.1. The Morgan fingerprint density at radius 1 is 0.939 bits per heavy atom. The second-order valence-corrected chi connectivity index (χ2v) is 15.2. The van der Waals surface area contributed by atoms with Crippen molar-refractivity contribution in [3.8, 4) is 0 Å². The van der Waals surface area contributed by atoms with Crippen LogP contribution in [0.15, 0.2) is 60.7 Å². The Hall–Kier alpha value is -2.15. The van der Waals surface area contributed by atoms with Crippen molar-refractivity contribution >= 4 is 24.8 Å². The van der Waals surface area contributed by atoms with Gasteiger partial charge in [-0.05, 0) is 49.0 Å². The van der Waals surface area contributed by atoms with Gasteiger partial charge in [-0.25, -0.2) is 4.79 Å². The first kappa shape index (κ1) is 25.5. The van der Waals surface area contributed by atoms with Gasteiger partial charge in [0.2, 0.25) is 0 Å². The van der Waals surface area contributed by atoms with Crippen LogP contribution in [0.1, 0.15) is 54.4 Å². The van der Waals surface area contributed by atoms with Crippen molar-refractivity contribution < 1.29 is 18.7 Å². The molecular formula is C27H39NO4Si. The van der Waals surface area contributed by atoms with Crippen molar-refractivity contribution in [2.45, 2.75) is 77.2 Å². The summed E-state index contributed by atoms with van der Waals surface area (Å²) in [5, 5.41) is 5.40. The van der Waals surface area contributed by atoms with Gasteiger partial charge in [0.25, 0.3) is 8.32 Å². The number of hydrogen-bond donors (Lipinski definition) is 1. The van der Waals surface area contributed by atoms with Crippen LogP contribution >= 0.6 is 0 Å². The Bertz CT molecular complexity index is 842. The molecule has 6 heteroatoms. The zero-order valence-corrected chi connectivity index (χ0v) is 21.9. The summed E-state index contributed by atoms with van der Waals surface area (Å²) in [5.41, 5.74) is -0.508. The highest BCUT2D eigenvalue weighted by molar-refractivity contribution is 6.99. The van der Waals surface area contributed by atoms with Crippen LogP contribution in [-0.4, -0.2) is 45.4 Å². The molecule has 180 valence electrons. The molecule has 2 unspecified atom stereocenters. The van der Waals surface area contributed by atoms with Crippen LogP contribution < -0.4 is 15.7 Å². The number of amides is 1. The van der Waals surface area contributed by atoms with Crippen LogP contribution in [0.5, 0.6) is 0 Å². The van der Waals surface area contributed by atoms with Crippen molar-refractivity contribution in [3.05, 3.63) is 60.7 Å². The van der Waals surface area contributed by atoms with Crippen LogP contribution in [0.4, 0.5) is 4.79 Å². The minimum Gasteiger partial charge on any atom is -0.444 e. The Labute approximate surface area is 200 Å². The lowest BCUT2D eigenvalue weighted by Gasteiger charge is -2.44. The lowest BCUT2D eigenvalue weighted by molar-refractivity contribution is -0.0303. The maximum Gasteiger partial charge on any atom is 0.407 e. The average Bonchev–Trinajstić information content (AvgIpc) is 2.74. The number of nitrogens with one attached hydrogen (secondary N) is 1. The zero-order valence-electron chi connectivity index (χ0n) is 20.9. The molecule has 1 N–H and O–H groups in total. The van der Waals surface area contributed by atoms with Gasteiger partial charge in [-0.15, -0.1) is 0 Å². The summed E-state index contributed by atoms with van der Waals surface area (Å²) >= 11 is 0. The summed E-state index contributed by atoms with van der Waals surface area (Å²) < 4.78 is 18.5. The van der Waals surface area contributed by atoms with Gasteiger partial charge >= 0.3 is 6.09 Å². The van der Waals surface area contributed by atoms with Gasteiger partial charge in [-0.1, -0.05) is 81.4 Å². The summed E-state index contributed by atoms with van der Waals surface area (Å²) in [6.07, 6.45) is 1.29. The molecule has 2 aromatic carbocycles. The minimum absolute atomic E-state index is 0.00309. The van der Waals surface area contributed by atoms with E-state index >= 15 is 0 Å². The van der Waals surface area contributed by atoms with Crippen molar-refractivity contribution in [3.63, 3.8) is 0 Å². The summed E-state index contributed by atoms with van der Waals surface area (Å²) in [6, 6.07) is 21.3. The van der Waals surface area contributed by atoms with Gasteiger partial charge in [0.15, 0.2) is 0 Å². The maximum atomic E-state index is 12.1. The third-order valence-corrected chi connectivity index (χ3v) is 11.0. The van der Waals surface area contributed by atoms with E-state index in [2.05, 4.69) is 86.8 Å². The van der Waals surface area contributed by atoms with Gasteiger partial charge in [0, 0.05) is 0 Å². The molecule has 5 nitrogen and oxygen atoms in total. The average molecular weight is 470 g/mol. The number of benzene rings is 2. The van der Waals surface area contributed by atoms with E-state index in [9.17, 15) is 4.79 Å². The highest BCUT2D eigenvalue weighted by Gasteiger charge is 2.50. The third-order valence-electron chi connectivity index (χ3n) is 5.99. The first-order valence-corrected chi connectivity index (χ1v) is 13.8. The number of ether oxygens (including phenoxy) is 2. The van der Waals surface area contributed by atoms with Crippen molar-refractivity contribution in [1.29, 1.82) is 0 Å². The molecule has 1 heterocycles. The van der Waals surface area contributed by atoms with E-state index in [4.69, 9.17) is 13.9 Å². The molecule has 0 aromatic heterocycles. The minimum atomic E-state index is -2.57. The third kappa shape index (κ3) is 6.46. The van der Waals surface area contributed by atoms with Gasteiger partial charge in [-0.3, -0.25) is 0 Å². The van der Waals surface area contributed by atoms with E-state index in [0.29, 0.717) is 13.2 Å². The molecule has 2 aromatic rings. The van der Waals surface area contributed by atoms with Crippen LogP contribution in [0.3, 0.4) is 0 Å². The first-order valence-electron chi connectivity index (χ1n) is 11.9. The van der Waals surface area contributed by atoms with Crippen LogP contribution in [0.2, 0.25) is 5.04 Å². The van der Waals surface area contributed by atoms with Crippen LogP contribution in [0, 0.1) is 0 Å².